The van der Waals surface area contributed by atoms with Crippen molar-refractivity contribution in [1.29, 1.82) is 0 Å². The summed E-state index contributed by atoms with van der Waals surface area (Å²) >= 11 is 1.80. The van der Waals surface area contributed by atoms with E-state index >= 15 is 0 Å². The Morgan fingerprint density at radius 3 is 2.82 bits per heavy atom. The molecule has 0 amide bonds. The predicted molar refractivity (Wildman–Crippen MR) is 50.1 cm³/mol. The van der Waals surface area contributed by atoms with Gasteiger partial charge in [0.1, 0.15) is 0 Å². The quantitative estimate of drug-likeness (QED) is 0.631. The van der Waals surface area contributed by atoms with Crippen molar-refractivity contribution in [3.63, 3.8) is 0 Å². The third kappa shape index (κ3) is 1.90. The van der Waals surface area contributed by atoms with Gasteiger partial charge >= 0.3 is 0 Å². The number of nitrogens with zero attached hydrogens (tertiary/aromatic N) is 1. The minimum atomic E-state index is 0.905. The van der Waals surface area contributed by atoms with E-state index in [1.54, 1.807) is 11.3 Å². The molecule has 0 fully saturated rings. The Balaban J connectivity index is 2.87. The van der Waals surface area contributed by atoms with Crippen LogP contribution >= 0.6 is 11.3 Å². The summed E-state index contributed by atoms with van der Waals surface area (Å²) in [5, 5.41) is 1.24. The van der Waals surface area contributed by atoms with Crippen LogP contribution in [0.15, 0.2) is 12.7 Å². The summed E-state index contributed by atoms with van der Waals surface area (Å²) in [6.45, 7) is 7.95. The molecule has 0 aliphatic rings. The molecule has 1 nitrogen and oxygen atoms in total. The van der Waals surface area contributed by atoms with E-state index in [1.165, 1.54) is 15.6 Å². The van der Waals surface area contributed by atoms with Crippen LogP contribution in [0, 0.1) is 6.92 Å². The lowest BCUT2D eigenvalue weighted by atomic mass is 10.3. The fourth-order valence-electron chi connectivity index (χ4n) is 0.965. The standard InChI is InChI=1S/C9H13NS/c1-4-6-8-7(3)11-9(5-2)10-8/h4H,1,5-6H2,2-3H3. The molecule has 1 aromatic rings. The highest BCUT2D eigenvalue weighted by molar-refractivity contribution is 7.11. The lowest BCUT2D eigenvalue weighted by molar-refractivity contribution is 1.03. The van der Waals surface area contributed by atoms with Crippen LogP contribution in [-0.2, 0) is 12.8 Å². The first-order chi connectivity index (χ1) is 5.27. The summed E-state index contributed by atoms with van der Waals surface area (Å²) in [4.78, 5) is 5.80. The molecule has 60 valence electrons. The lowest BCUT2D eigenvalue weighted by Crippen LogP contribution is -1.84. The van der Waals surface area contributed by atoms with E-state index in [4.69, 9.17) is 0 Å². The second-order valence-corrected chi connectivity index (χ2v) is 3.74. The van der Waals surface area contributed by atoms with Crippen LogP contribution in [0.5, 0.6) is 0 Å². The van der Waals surface area contributed by atoms with Gasteiger partial charge in [0.25, 0.3) is 0 Å². The maximum absolute atomic E-state index is 4.47. The molecule has 0 aromatic carbocycles. The summed E-state index contributed by atoms with van der Waals surface area (Å²) < 4.78 is 0. The van der Waals surface area contributed by atoms with Gasteiger partial charge in [0.05, 0.1) is 10.7 Å². The van der Waals surface area contributed by atoms with Crippen LogP contribution in [0.25, 0.3) is 0 Å². The third-order valence-corrected chi connectivity index (χ3v) is 2.73. The Morgan fingerprint density at radius 2 is 2.36 bits per heavy atom. The molecular formula is C9H13NS. The largest absolute Gasteiger partial charge is 0.246 e. The third-order valence-electron chi connectivity index (χ3n) is 1.58. The fourth-order valence-corrected chi connectivity index (χ4v) is 1.87. The molecule has 2 heteroatoms. The molecule has 0 bridgehead atoms. The molecular weight excluding hydrogens is 154 g/mol. The maximum Gasteiger partial charge on any atom is 0.0928 e. The van der Waals surface area contributed by atoms with Gasteiger partial charge in [-0.15, -0.1) is 17.9 Å². The van der Waals surface area contributed by atoms with E-state index in [2.05, 4.69) is 25.4 Å². The van der Waals surface area contributed by atoms with E-state index in [-0.39, 0.29) is 0 Å². The van der Waals surface area contributed by atoms with Gasteiger partial charge in [-0.3, -0.25) is 0 Å². The number of allylic oxidation sites excluding steroid dienone is 1. The van der Waals surface area contributed by atoms with Crippen LogP contribution in [0.1, 0.15) is 22.5 Å². The van der Waals surface area contributed by atoms with Crippen molar-refractivity contribution in [2.24, 2.45) is 0 Å². The van der Waals surface area contributed by atoms with Crippen LogP contribution in [0.3, 0.4) is 0 Å². The Kier molecular flexibility index (Phi) is 2.83. The van der Waals surface area contributed by atoms with Crippen molar-refractivity contribution in [3.8, 4) is 0 Å². The topological polar surface area (TPSA) is 12.9 Å². The molecule has 0 saturated heterocycles. The highest BCUT2D eigenvalue weighted by Crippen LogP contribution is 2.18. The molecule has 0 unspecified atom stereocenters. The average Bonchev–Trinajstić information content (AvgIpc) is 2.33. The van der Waals surface area contributed by atoms with E-state index in [0.29, 0.717) is 0 Å². The number of aromatic nitrogens is 1. The molecule has 0 aliphatic heterocycles. The molecule has 0 N–H and O–H groups in total. The first-order valence-corrected chi connectivity index (χ1v) is 4.65. The second kappa shape index (κ2) is 3.67. The fraction of sp³-hybridized carbons (Fsp3) is 0.444. The number of thiazole rings is 1. The number of rotatable bonds is 3. The van der Waals surface area contributed by atoms with Crippen molar-refractivity contribution in [3.05, 3.63) is 28.2 Å². The van der Waals surface area contributed by atoms with Crippen molar-refractivity contribution in [2.45, 2.75) is 26.7 Å². The highest BCUT2D eigenvalue weighted by atomic mass is 32.1. The molecule has 1 heterocycles. The van der Waals surface area contributed by atoms with Crippen LogP contribution in [0.2, 0.25) is 0 Å². The minimum Gasteiger partial charge on any atom is -0.246 e. The van der Waals surface area contributed by atoms with Gasteiger partial charge in [-0.25, -0.2) is 4.98 Å². The Bertz CT molecular complexity index is 250. The first kappa shape index (κ1) is 8.47. The van der Waals surface area contributed by atoms with Crippen molar-refractivity contribution in [2.75, 3.05) is 0 Å². The summed E-state index contributed by atoms with van der Waals surface area (Å²) in [7, 11) is 0. The number of hydrogen-bond donors (Lipinski definition) is 0. The SMILES string of the molecule is C=CCc1nc(CC)sc1C. The van der Waals surface area contributed by atoms with Gasteiger partial charge in [-0.2, -0.15) is 0 Å². The summed E-state index contributed by atoms with van der Waals surface area (Å²) in [5.41, 5.74) is 1.20. The van der Waals surface area contributed by atoms with Crippen molar-refractivity contribution in [1.82, 2.24) is 4.98 Å². The molecule has 11 heavy (non-hydrogen) atoms. The van der Waals surface area contributed by atoms with E-state index in [1.807, 2.05) is 6.08 Å². The lowest BCUT2D eigenvalue weighted by Gasteiger charge is -1.88. The number of hydrogen-bond acceptors (Lipinski definition) is 2. The molecule has 1 aromatic heterocycles. The molecule has 0 spiro atoms. The molecule has 0 saturated carbocycles. The minimum absolute atomic E-state index is 0.905. The molecule has 0 aliphatic carbocycles. The second-order valence-electron chi connectivity index (χ2n) is 2.46. The van der Waals surface area contributed by atoms with Gasteiger partial charge in [0.15, 0.2) is 0 Å². The van der Waals surface area contributed by atoms with Crippen LogP contribution in [0.4, 0.5) is 0 Å². The monoisotopic (exact) mass is 167 g/mol. The Labute approximate surface area is 71.8 Å². The van der Waals surface area contributed by atoms with Gasteiger partial charge in [0.2, 0.25) is 0 Å². The number of aryl methyl sites for hydroxylation is 2. The van der Waals surface area contributed by atoms with E-state index in [9.17, 15) is 0 Å². The van der Waals surface area contributed by atoms with E-state index < -0.39 is 0 Å². The molecule has 1 rings (SSSR count). The van der Waals surface area contributed by atoms with Gasteiger partial charge < -0.3 is 0 Å². The van der Waals surface area contributed by atoms with Gasteiger partial charge in [0, 0.05) is 11.3 Å². The van der Waals surface area contributed by atoms with Crippen molar-refractivity contribution < 1.29 is 0 Å². The zero-order valence-corrected chi connectivity index (χ0v) is 7.87. The Hall–Kier alpha value is -0.630. The first-order valence-electron chi connectivity index (χ1n) is 3.84. The van der Waals surface area contributed by atoms with E-state index in [0.717, 1.165) is 12.8 Å². The zero-order valence-electron chi connectivity index (χ0n) is 7.05. The normalized spacial score (nSPS) is 10.0. The van der Waals surface area contributed by atoms with Crippen LogP contribution < -0.4 is 0 Å². The summed E-state index contributed by atoms with van der Waals surface area (Å²) in [5.74, 6) is 0. The summed E-state index contributed by atoms with van der Waals surface area (Å²) in [6.07, 6.45) is 3.85. The average molecular weight is 167 g/mol. The zero-order chi connectivity index (χ0) is 8.27. The van der Waals surface area contributed by atoms with Crippen LogP contribution in [-0.4, -0.2) is 4.98 Å². The predicted octanol–water partition coefficient (Wildman–Crippen LogP) is 2.74. The Morgan fingerprint density at radius 1 is 1.64 bits per heavy atom. The maximum atomic E-state index is 4.47. The van der Waals surface area contributed by atoms with Gasteiger partial charge in [-0.1, -0.05) is 13.0 Å². The van der Waals surface area contributed by atoms with Gasteiger partial charge in [-0.05, 0) is 13.3 Å². The molecule has 0 atom stereocenters. The smallest absolute Gasteiger partial charge is 0.0928 e. The molecule has 0 radical (unpaired) electrons. The summed E-state index contributed by atoms with van der Waals surface area (Å²) in [6, 6.07) is 0. The highest BCUT2D eigenvalue weighted by Gasteiger charge is 2.03. The van der Waals surface area contributed by atoms with Crippen molar-refractivity contribution >= 4 is 11.3 Å².